The number of aliphatic hydroxyl groups is 1. The summed E-state index contributed by atoms with van der Waals surface area (Å²) in [5.74, 6) is -1.07. The molecule has 3 rings (SSSR count). The fourth-order valence-corrected chi connectivity index (χ4v) is 4.71. The van der Waals surface area contributed by atoms with Gasteiger partial charge < -0.3 is 26.0 Å². The summed E-state index contributed by atoms with van der Waals surface area (Å²) < 4.78 is 0. The highest BCUT2D eigenvalue weighted by Crippen LogP contribution is 2.20. The number of carbonyl (C=O) groups is 3. The highest BCUT2D eigenvalue weighted by Gasteiger charge is 2.35. The van der Waals surface area contributed by atoms with Gasteiger partial charge in [-0.1, -0.05) is 78.9 Å². The number of benzene rings is 3. The van der Waals surface area contributed by atoms with Gasteiger partial charge in [0.1, 0.15) is 12.1 Å². The van der Waals surface area contributed by atoms with Crippen LogP contribution in [0.15, 0.2) is 84.9 Å². The zero-order valence-electron chi connectivity index (χ0n) is 25.3. The Labute approximate surface area is 249 Å². The molecule has 0 fully saturated rings. The summed E-state index contributed by atoms with van der Waals surface area (Å²) in [6, 6.07) is 21.7. The summed E-state index contributed by atoms with van der Waals surface area (Å²) in [4.78, 5) is 43.7. The standard InChI is InChI=1S/C34H44N4O4/c1-24(39)23-36-32(41)29(21-25-12-7-6-8-13-25)38(5)33(42)30(37(4)31(40)16-11-19-34(2,3)35)22-26-17-18-27-14-9-10-15-28(27)20-26/h6-18,20,24,29-30,39H,19,21-23,35H2,1-5H3,(H,36,41)/t24-,29+,30+/m0/s1. The maximum Gasteiger partial charge on any atom is 0.246 e. The molecule has 3 aromatic carbocycles. The molecule has 0 spiro atoms. The number of aliphatic hydroxyl groups excluding tert-OH is 1. The third-order valence-electron chi connectivity index (χ3n) is 7.21. The topological polar surface area (TPSA) is 116 Å². The van der Waals surface area contributed by atoms with Crippen molar-refractivity contribution in [3.63, 3.8) is 0 Å². The van der Waals surface area contributed by atoms with Crippen LogP contribution in [0.2, 0.25) is 0 Å². The first kappa shape index (κ1) is 32.5. The minimum atomic E-state index is -0.873. The van der Waals surface area contributed by atoms with Crippen LogP contribution < -0.4 is 11.1 Å². The number of nitrogens with zero attached hydrogens (tertiary/aromatic N) is 2. The van der Waals surface area contributed by atoms with Crippen LogP contribution in [0.5, 0.6) is 0 Å². The van der Waals surface area contributed by atoms with Crippen LogP contribution in [0, 0.1) is 0 Å². The summed E-state index contributed by atoms with van der Waals surface area (Å²) in [5, 5.41) is 14.6. The second-order valence-electron chi connectivity index (χ2n) is 11.7. The summed E-state index contributed by atoms with van der Waals surface area (Å²) in [7, 11) is 3.20. The molecule has 3 amide bonds. The Morgan fingerprint density at radius 2 is 1.50 bits per heavy atom. The van der Waals surface area contributed by atoms with E-state index >= 15 is 0 Å². The van der Waals surface area contributed by atoms with Crippen LogP contribution in [-0.4, -0.2) is 77.0 Å². The largest absolute Gasteiger partial charge is 0.392 e. The second kappa shape index (κ2) is 14.8. The van der Waals surface area contributed by atoms with Crippen molar-refractivity contribution in [2.45, 2.75) is 63.8 Å². The lowest BCUT2D eigenvalue weighted by molar-refractivity contribution is -0.146. The summed E-state index contributed by atoms with van der Waals surface area (Å²) in [5.41, 5.74) is 7.38. The van der Waals surface area contributed by atoms with Gasteiger partial charge in [0.15, 0.2) is 0 Å². The van der Waals surface area contributed by atoms with Gasteiger partial charge in [0.25, 0.3) is 0 Å². The first-order valence-corrected chi connectivity index (χ1v) is 14.3. The third-order valence-corrected chi connectivity index (χ3v) is 7.21. The summed E-state index contributed by atoms with van der Waals surface area (Å²) in [6.45, 7) is 5.40. The number of nitrogens with one attached hydrogen (secondary N) is 1. The first-order valence-electron chi connectivity index (χ1n) is 14.3. The van der Waals surface area contributed by atoms with Gasteiger partial charge in [-0.05, 0) is 55.2 Å². The molecule has 0 saturated heterocycles. The zero-order valence-corrected chi connectivity index (χ0v) is 25.3. The van der Waals surface area contributed by atoms with Crippen molar-refractivity contribution in [3.05, 3.63) is 96.1 Å². The minimum absolute atomic E-state index is 0.0628. The number of hydrogen-bond donors (Lipinski definition) is 3. The van der Waals surface area contributed by atoms with Crippen molar-refractivity contribution in [1.29, 1.82) is 0 Å². The van der Waals surface area contributed by atoms with E-state index in [0.29, 0.717) is 6.42 Å². The first-order chi connectivity index (χ1) is 19.9. The highest BCUT2D eigenvalue weighted by molar-refractivity contribution is 5.95. The number of likely N-dealkylation sites (N-methyl/N-ethyl adjacent to an activating group) is 2. The molecular formula is C34H44N4O4. The highest BCUT2D eigenvalue weighted by atomic mass is 16.3. The number of hydrogen-bond acceptors (Lipinski definition) is 5. The van der Waals surface area contributed by atoms with Gasteiger partial charge in [-0.25, -0.2) is 0 Å². The van der Waals surface area contributed by atoms with Crippen molar-refractivity contribution >= 4 is 28.5 Å². The van der Waals surface area contributed by atoms with E-state index < -0.39 is 23.7 Å². The SMILES string of the molecule is C[C@H](O)CNC(=O)[C@@H](Cc1ccccc1)N(C)C(=O)[C@@H](Cc1ccc2ccccc2c1)N(C)C(=O)C=CCC(C)(C)N. The molecule has 8 nitrogen and oxygen atoms in total. The average molecular weight is 573 g/mol. The molecule has 3 atom stereocenters. The molecule has 0 heterocycles. The zero-order chi connectivity index (χ0) is 30.9. The quantitative estimate of drug-likeness (QED) is 0.271. The van der Waals surface area contributed by atoms with E-state index in [1.807, 2.05) is 86.6 Å². The monoisotopic (exact) mass is 572 g/mol. The van der Waals surface area contributed by atoms with Crippen LogP contribution in [0.4, 0.5) is 0 Å². The predicted octanol–water partition coefficient (Wildman–Crippen LogP) is 3.46. The van der Waals surface area contributed by atoms with E-state index in [-0.39, 0.29) is 37.1 Å². The maximum absolute atomic E-state index is 14.2. The number of carbonyl (C=O) groups excluding carboxylic acids is 3. The van der Waals surface area contributed by atoms with Crippen LogP contribution in [0.3, 0.4) is 0 Å². The van der Waals surface area contributed by atoms with Gasteiger partial charge in [0.2, 0.25) is 17.7 Å². The molecule has 0 bridgehead atoms. The molecule has 0 aliphatic carbocycles. The minimum Gasteiger partial charge on any atom is -0.392 e. The van der Waals surface area contributed by atoms with Gasteiger partial charge in [-0.2, -0.15) is 0 Å². The average Bonchev–Trinajstić information content (AvgIpc) is 2.96. The number of fused-ring (bicyclic) bond motifs is 1. The van der Waals surface area contributed by atoms with Crippen molar-refractivity contribution in [2.24, 2.45) is 5.73 Å². The Morgan fingerprint density at radius 1 is 0.881 bits per heavy atom. The predicted molar refractivity (Wildman–Crippen MR) is 168 cm³/mol. The van der Waals surface area contributed by atoms with Crippen molar-refractivity contribution < 1.29 is 19.5 Å². The Morgan fingerprint density at radius 3 is 2.14 bits per heavy atom. The van der Waals surface area contributed by atoms with Crippen molar-refractivity contribution in [1.82, 2.24) is 15.1 Å². The molecule has 0 unspecified atom stereocenters. The molecule has 0 aromatic heterocycles. The molecule has 224 valence electrons. The molecular weight excluding hydrogens is 528 g/mol. The van der Waals surface area contributed by atoms with Crippen LogP contribution in [0.1, 0.15) is 38.3 Å². The van der Waals surface area contributed by atoms with E-state index in [4.69, 9.17) is 5.73 Å². The van der Waals surface area contributed by atoms with E-state index in [1.54, 1.807) is 27.1 Å². The second-order valence-corrected chi connectivity index (χ2v) is 11.7. The summed E-state index contributed by atoms with van der Waals surface area (Å²) in [6.07, 6.45) is 3.48. The van der Waals surface area contributed by atoms with Gasteiger partial charge in [0, 0.05) is 39.0 Å². The number of amides is 3. The lowest BCUT2D eigenvalue weighted by atomic mass is 9.98. The Balaban J connectivity index is 1.95. The van der Waals surface area contributed by atoms with Gasteiger partial charge in [-0.15, -0.1) is 0 Å². The molecule has 0 radical (unpaired) electrons. The molecule has 0 aliphatic heterocycles. The molecule has 3 aromatic rings. The molecule has 0 aliphatic rings. The Kier molecular flexibility index (Phi) is 11.4. The maximum atomic E-state index is 14.2. The molecule has 42 heavy (non-hydrogen) atoms. The van der Waals surface area contributed by atoms with E-state index in [0.717, 1.165) is 21.9 Å². The molecule has 8 heteroatoms. The Bertz CT molecular complexity index is 1380. The fourth-order valence-electron chi connectivity index (χ4n) is 4.71. The number of nitrogens with two attached hydrogens (primary N) is 1. The normalized spacial score (nSPS) is 13.9. The molecule has 0 saturated carbocycles. The van der Waals surface area contributed by atoms with E-state index in [2.05, 4.69) is 5.32 Å². The molecule has 4 N–H and O–H groups in total. The lowest BCUT2D eigenvalue weighted by Crippen LogP contribution is -2.56. The van der Waals surface area contributed by atoms with E-state index in [9.17, 15) is 19.5 Å². The smallest absolute Gasteiger partial charge is 0.246 e. The summed E-state index contributed by atoms with van der Waals surface area (Å²) >= 11 is 0. The van der Waals surface area contributed by atoms with Crippen LogP contribution in [-0.2, 0) is 27.2 Å². The fraction of sp³-hybridized carbons (Fsp3) is 0.382. The third kappa shape index (κ3) is 9.53. The van der Waals surface area contributed by atoms with Gasteiger partial charge in [0.05, 0.1) is 6.10 Å². The van der Waals surface area contributed by atoms with Crippen LogP contribution >= 0.6 is 0 Å². The van der Waals surface area contributed by atoms with E-state index in [1.165, 1.54) is 15.9 Å². The van der Waals surface area contributed by atoms with Gasteiger partial charge >= 0.3 is 0 Å². The Hall–Kier alpha value is -4.01. The van der Waals surface area contributed by atoms with Crippen molar-refractivity contribution in [3.8, 4) is 0 Å². The van der Waals surface area contributed by atoms with Crippen LogP contribution in [0.25, 0.3) is 10.8 Å². The lowest BCUT2D eigenvalue weighted by Gasteiger charge is -2.34. The number of rotatable bonds is 13. The van der Waals surface area contributed by atoms with Gasteiger partial charge in [-0.3, -0.25) is 14.4 Å². The van der Waals surface area contributed by atoms with Crippen molar-refractivity contribution in [2.75, 3.05) is 20.6 Å².